The van der Waals surface area contributed by atoms with E-state index in [1.54, 1.807) is 43.3 Å². The Balaban J connectivity index is 1.65. The molecule has 0 aromatic heterocycles. The lowest BCUT2D eigenvalue weighted by molar-refractivity contribution is -0.118. The van der Waals surface area contributed by atoms with Crippen molar-refractivity contribution in [3.8, 4) is 5.75 Å². The fourth-order valence-corrected chi connectivity index (χ4v) is 3.83. The van der Waals surface area contributed by atoms with E-state index in [1.165, 1.54) is 0 Å². The second kappa shape index (κ2) is 6.62. The first-order chi connectivity index (χ1) is 11.5. The molecule has 126 valence electrons. The van der Waals surface area contributed by atoms with Crippen molar-refractivity contribution in [2.24, 2.45) is 0 Å². The van der Waals surface area contributed by atoms with Crippen molar-refractivity contribution in [2.45, 2.75) is 18.2 Å². The summed E-state index contributed by atoms with van der Waals surface area (Å²) >= 11 is 0. The maximum Gasteiger partial charge on any atom is 0.262 e. The third-order valence-electron chi connectivity index (χ3n) is 3.77. The molecule has 2 N–H and O–H groups in total. The summed E-state index contributed by atoms with van der Waals surface area (Å²) in [5.74, 6) is 0.429. The molecule has 0 aliphatic carbocycles. The predicted molar refractivity (Wildman–Crippen MR) is 90.6 cm³/mol. The topological polar surface area (TPSA) is 84.5 Å². The molecule has 0 atom stereocenters. The van der Waals surface area contributed by atoms with Crippen LogP contribution < -0.4 is 14.8 Å². The van der Waals surface area contributed by atoms with E-state index in [2.05, 4.69) is 10.0 Å². The van der Waals surface area contributed by atoms with Gasteiger partial charge in [0.05, 0.1) is 10.6 Å². The van der Waals surface area contributed by atoms with Crippen LogP contribution in [0.3, 0.4) is 0 Å². The molecule has 0 saturated heterocycles. The van der Waals surface area contributed by atoms with Gasteiger partial charge in [0.15, 0.2) is 6.61 Å². The summed E-state index contributed by atoms with van der Waals surface area (Å²) < 4.78 is 32.6. The maximum atomic E-state index is 12.3. The lowest BCUT2D eigenvalue weighted by Crippen LogP contribution is -2.27. The van der Waals surface area contributed by atoms with E-state index in [0.717, 1.165) is 5.56 Å². The molecule has 1 aliphatic heterocycles. The number of carbonyl (C=O) groups excluding carboxylic acids is 1. The summed E-state index contributed by atoms with van der Waals surface area (Å²) in [6.45, 7) is 2.05. The Hall–Kier alpha value is -2.38. The van der Waals surface area contributed by atoms with Crippen LogP contribution in [-0.2, 0) is 21.2 Å². The highest BCUT2D eigenvalue weighted by molar-refractivity contribution is 7.89. The summed E-state index contributed by atoms with van der Waals surface area (Å²) in [5.41, 5.74) is 2.23. The van der Waals surface area contributed by atoms with Gasteiger partial charge >= 0.3 is 0 Å². The number of amides is 1. The molecule has 1 amide bonds. The fraction of sp³-hybridized carbons (Fsp3) is 0.235. The van der Waals surface area contributed by atoms with Crippen molar-refractivity contribution < 1.29 is 17.9 Å². The number of hydrogen-bond acceptors (Lipinski definition) is 4. The normalized spacial score (nSPS) is 13.8. The van der Waals surface area contributed by atoms with Crippen LogP contribution in [0.4, 0.5) is 5.69 Å². The van der Waals surface area contributed by atoms with Gasteiger partial charge in [-0.25, -0.2) is 13.1 Å². The molecular formula is C17H18N2O4S. The molecule has 6 nitrogen and oxygen atoms in total. The first-order valence-electron chi connectivity index (χ1n) is 7.56. The minimum atomic E-state index is -3.53. The third kappa shape index (κ3) is 3.58. The predicted octanol–water partition coefficient (Wildman–Crippen LogP) is 1.85. The first-order valence-corrected chi connectivity index (χ1v) is 9.05. The van der Waals surface area contributed by atoms with Crippen molar-refractivity contribution in [2.75, 3.05) is 18.5 Å². The van der Waals surface area contributed by atoms with Gasteiger partial charge in [-0.1, -0.05) is 24.3 Å². The van der Waals surface area contributed by atoms with Crippen LogP contribution in [0, 0.1) is 6.92 Å². The Morgan fingerprint density at radius 2 is 2.00 bits per heavy atom. The summed E-state index contributed by atoms with van der Waals surface area (Å²) in [4.78, 5) is 11.6. The lowest BCUT2D eigenvalue weighted by atomic mass is 10.1. The molecule has 0 saturated carbocycles. The van der Waals surface area contributed by atoms with Crippen LogP contribution in [-0.4, -0.2) is 27.5 Å². The largest absolute Gasteiger partial charge is 0.482 e. The molecular weight excluding hydrogens is 328 g/mol. The average molecular weight is 346 g/mol. The highest BCUT2D eigenvalue weighted by Crippen LogP contribution is 2.28. The number of rotatable bonds is 5. The van der Waals surface area contributed by atoms with E-state index >= 15 is 0 Å². The Morgan fingerprint density at radius 3 is 2.79 bits per heavy atom. The minimum absolute atomic E-state index is 0.0164. The minimum Gasteiger partial charge on any atom is -0.482 e. The van der Waals surface area contributed by atoms with Gasteiger partial charge in [-0.2, -0.15) is 0 Å². The SMILES string of the molecule is Cc1ccccc1S(=O)(=O)NCCc1ccc2c(c1)NC(=O)CO2. The van der Waals surface area contributed by atoms with E-state index in [0.29, 0.717) is 23.4 Å². The number of ether oxygens (including phenoxy) is 1. The van der Waals surface area contributed by atoms with E-state index in [4.69, 9.17) is 4.74 Å². The molecule has 2 aromatic rings. The van der Waals surface area contributed by atoms with E-state index in [1.807, 2.05) is 6.07 Å². The van der Waals surface area contributed by atoms with Crippen molar-refractivity contribution in [1.29, 1.82) is 0 Å². The summed E-state index contributed by atoms with van der Waals surface area (Å²) in [5, 5.41) is 2.74. The number of nitrogens with one attached hydrogen (secondary N) is 2. The highest BCUT2D eigenvalue weighted by atomic mass is 32.2. The van der Waals surface area contributed by atoms with Crippen molar-refractivity contribution in [3.63, 3.8) is 0 Å². The molecule has 0 spiro atoms. The molecule has 3 rings (SSSR count). The zero-order chi connectivity index (χ0) is 17.2. The maximum absolute atomic E-state index is 12.3. The number of sulfonamides is 1. The van der Waals surface area contributed by atoms with Gasteiger partial charge in [0.25, 0.3) is 5.91 Å². The monoisotopic (exact) mass is 346 g/mol. The Bertz CT molecular complexity index is 878. The van der Waals surface area contributed by atoms with Gasteiger partial charge in [0.1, 0.15) is 5.75 Å². The van der Waals surface area contributed by atoms with Gasteiger partial charge in [0.2, 0.25) is 10.0 Å². The van der Waals surface area contributed by atoms with Crippen LogP contribution in [0.2, 0.25) is 0 Å². The van der Waals surface area contributed by atoms with Crippen molar-refractivity contribution in [1.82, 2.24) is 4.72 Å². The van der Waals surface area contributed by atoms with Gasteiger partial charge < -0.3 is 10.1 Å². The molecule has 0 unspecified atom stereocenters. The van der Waals surface area contributed by atoms with E-state index in [-0.39, 0.29) is 24.0 Å². The molecule has 1 heterocycles. The Labute approximate surface area is 140 Å². The van der Waals surface area contributed by atoms with Gasteiger partial charge in [-0.3, -0.25) is 4.79 Å². The molecule has 7 heteroatoms. The number of fused-ring (bicyclic) bond motifs is 1. The van der Waals surface area contributed by atoms with Crippen molar-refractivity contribution >= 4 is 21.6 Å². The second-order valence-electron chi connectivity index (χ2n) is 5.58. The molecule has 0 bridgehead atoms. The van der Waals surface area contributed by atoms with Crippen LogP contribution in [0.5, 0.6) is 5.75 Å². The zero-order valence-corrected chi connectivity index (χ0v) is 14.0. The van der Waals surface area contributed by atoms with Crippen LogP contribution in [0.1, 0.15) is 11.1 Å². The number of anilines is 1. The number of hydrogen-bond donors (Lipinski definition) is 2. The first kappa shape index (κ1) is 16.5. The summed E-state index contributed by atoms with van der Waals surface area (Å²) in [6.07, 6.45) is 0.508. The quantitative estimate of drug-likeness (QED) is 0.865. The zero-order valence-electron chi connectivity index (χ0n) is 13.2. The van der Waals surface area contributed by atoms with Gasteiger partial charge in [-0.15, -0.1) is 0 Å². The van der Waals surface area contributed by atoms with Crippen LogP contribution in [0.25, 0.3) is 0 Å². The molecule has 24 heavy (non-hydrogen) atoms. The number of benzene rings is 2. The van der Waals surface area contributed by atoms with Crippen LogP contribution >= 0.6 is 0 Å². The smallest absolute Gasteiger partial charge is 0.262 e. The fourth-order valence-electron chi connectivity index (χ4n) is 2.55. The summed E-state index contributed by atoms with van der Waals surface area (Å²) in [7, 11) is -3.53. The Morgan fingerprint density at radius 1 is 1.21 bits per heavy atom. The second-order valence-corrected chi connectivity index (χ2v) is 7.32. The molecule has 0 radical (unpaired) electrons. The van der Waals surface area contributed by atoms with Crippen molar-refractivity contribution in [3.05, 3.63) is 53.6 Å². The third-order valence-corrected chi connectivity index (χ3v) is 5.39. The number of carbonyl (C=O) groups is 1. The molecule has 0 fully saturated rings. The van der Waals surface area contributed by atoms with E-state index in [9.17, 15) is 13.2 Å². The molecule has 1 aliphatic rings. The lowest BCUT2D eigenvalue weighted by Gasteiger charge is -2.18. The van der Waals surface area contributed by atoms with E-state index < -0.39 is 10.0 Å². The van der Waals surface area contributed by atoms with Gasteiger partial charge in [-0.05, 0) is 42.7 Å². The van der Waals surface area contributed by atoms with Gasteiger partial charge in [0, 0.05) is 6.54 Å². The van der Waals surface area contributed by atoms with Crippen LogP contribution in [0.15, 0.2) is 47.4 Å². The Kier molecular flexibility index (Phi) is 4.55. The summed E-state index contributed by atoms with van der Waals surface area (Å²) in [6, 6.07) is 12.3. The molecule has 2 aromatic carbocycles. The standard InChI is InChI=1S/C17H18N2O4S/c1-12-4-2-3-5-16(12)24(21,22)18-9-8-13-6-7-15-14(10-13)19-17(20)11-23-15/h2-7,10,18H,8-9,11H2,1H3,(H,19,20). The number of aryl methyl sites for hydroxylation is 1. The average Bonchev–Trinajstić information content (AvgIpc) is 2.54. The highest BCUT2D eigenvalue weighted by Gasteiger charge is 2.17.